The molecule has 0 aliphatic carbocycles. The predicted molar refractivity (Wildman–Crippen MR) is 75.9 cm³/mol. The fourth-order valence-corrected chi connectivity index (χ4v) is 2.73. The first-order valence-corrected chi connectivity index (χ1v) is 6.59. The Morgan fingerprint density at radius 1 is 1.33 bits per heavy atom. The van der Waals surface area contributed by atoms with E-state index in [-0.39, 0.29) is 0 Å². The van der Waals surface area contributed by atoms with Crippen molar-refractivity contribution in [3.05, 3.63) is 36.0 Å². The predicted octanol–water partition coefficient (Wildman–Crippen LogP) is 2.33. The Labute approximate surface area is 108 Å². The molecule has 1 saturated heterocycles. The van der Waals surface area contributed by atoms with Crippen LogP contribution in [0.15, 0.2) is 30.3 Å². The molecule has 1 unspecified atom stereocenters. The number of pyridine rings is 1. The zero-order valence-electron chi connectivity index (χ0n) is 10.8. The summed E-state index contributed by atoms with van der Waals surface area (Å²) < 4.78 is 0. The second-order valence-corrected chi connectivity index (χ2v) is 5.14. The van der Waals surface area contributed by atoms with Crippen LogP contribution in [-0.2, 0) is 0 Å². The van der Waals surface area contributed by atoms with Crippen LogP contribution in [0.2, 0.25) is 0 Å². The van der Waals surface area contributed by atoms with Crippen LogP contribution in [0.4, 0.5) is 5.69 Å². The van der Waals surface area contributed by atoms with Crippen LogP contribution in [-0.4, -0.2) is 24.6 Å². The van der Waals surface area contributed by atoms with Crippen molar-refractivity contribution >= 4 is 16.6 Å². The van der Waals surface area contributed by atoms with E-state index in [4.69, 9.17) is 10.7 Å². The van der Waals surface area contributed by atoms with Gasteiger partial charge in [0.15, 0.2) is 0 Å². The van der Waals surface area contributed by atoms with Gasteiger partial charge in [-0.25, -0.2) is 0 Å². The summed E-state index contributed by atoms with van der Waals surface area (Å²) in [6.07, 6.45) is 1.19. The summed E-state index contributed by atoms with van der Waals surface area (Å²) in [5.74, 6) is 0.630. The second-order valence-electron chi connectivity index (χ2n) is 5.14. The van der Waals surface area contributed by atoms with Gasteiger partial charge in [0.1, 0.15) is 0 Å². The van der Waals surface area contributed by atoms with E-state index in [0.29, 0.717) is 5.92 Å². The molecule has 0 bridgehead atoms. The first kappa shape index (κ1) is 11.5. The van der Waals surface area contributed by atoms with E-state index in [2.05, 4.69) is 35.2 Å². The molecule has 1 aliphatic heterocycles. The van der Waals surface area contributed by atoms with Crippen molar-refractivity contribution in [1.82, 2.24) is 4.98 Å². The number of hydrogen-bond acceptors (Lipinski definition) is 3. The van der Waals surface area contributed by atoms with Gasteiger partial charge in [-0.3, -0.25) is 4.98 Å². The first-order valence-electron chi connectivity index (χ1n) is 6.59. The smallest absolute Gasteiger partial charge is 0.0938 e. The van der Waals surface area contributed by atoms with Crippen molar-refractivity contribution in [3.63, 3.8) is 0 Å². The van der Waals surface area contributed by atoms with Crippen molar-refractivity contribution in [2.24, 2.45) is 11.7 Å². The average Bonchev–Trinajstić information content (AvgIpc) is 2.86. The van der Waals surface area contributed by atoms with E-state index in [1.807, 2.05) is 6.92 Å². The van der Waals surface area contributed by atoms with Gasteiger partial charge in [0, 0.05) is 24.2 Å². The highest BCUT2D eigenvalue weighted by Crippen LogP contribution is 2.29. The van der Waals surface area contributed by atoms with Gasteiger partial charge >= 0.3 is 0 Å². The zero-order chi connectivity index (χ0) is 12.5. The molecule has 2 heterocycles. The number of hydrogen-bond donors (Lipinski definition) is 1. The Morgan fingerprint density at radius 3 is 3.00 bits per heavy atom. The third-order valence-electron chi connectivity index (χ3n) is 3.80. The lowest BCUT2D eigenvalue weighted by Gasteiger charge is -2.20. The van der Waals surface area contributed by atoms with Crippen LogP contribution in [0.3, 0.4) is 0 Å². The van der Waals surface area contributed by atoms with Crippen molar-refractivity contribution in [2.75, 3.05) is 24.5 Å². The molecule has 1 aromatic carbocycles. The highest BCUT2D eigenvalue weighted by molar-refractivity contribution is 5.91. The van der Waals surface area contributed by atoms with Crippen molar-refractivity contribution in [3.8, 4) is 0 Å². The van der Waals surface area contributed by atoms with Gasteiger partial charge < -0.3 is 10.6 Å². The number of benzene rings is 1. The molecule has 94 valence electrons. The molecule has 0 amide bonds. The Bertz CT molecular complexity index is 565. The number of fused-ring (bicyclic) bond motifs is 1. The molecular weight excluding hydrogens is 222 g/mol. The number of rotatable bonds is 2. The average molecular weight is 241 g/mol. The van der Waals surface area contributed by atoms with E-state index in [9.17, 15) is 0 Å². The fraction of sp³-hybridized carbons (Fsp3) is 0.400. The second kappa shape index (κ2) is 4.58. The Kier molecular flexibility index (Phi) is 2.92. The molecule has 18 heavy (non-hydrogen) atoms. The molecular formula is C15H19N3. The molecule has 2 N–H and O–H groups in total. The molecule has 1 atom stereocenters. The summed E-state index contributed by atoms with van der Waals surface area (Å²) >= 11 is 0. The third kappa shape index (κ3) is 1.95. The standard InChI is InChI=1S/C15H19N3/c1-11-5-6-13-3-2-4-14(15(13)17-11)18-8-7-12(9-16)10-18/h2-6,12H,7-10,16H2,1H3. The summed E-state index contributed by atoms with van der Waals surface area (Å²) in [5, 5.41) is 1.22. The molecule has 0 spiro atoms. The van der Waals surface area contributed by atoms with Gasteiger partial charge in [-0.2, -0.15) is 0 Å². The quantitative estimate of drug-likeness (QED) is 0.877. The van der Waals surface area contributed by atoms with Gasteiger partial charge in [-0.15, -0.1) is 0 Å². The van der Waals surface area contributed by atoms with E-state index in [1.54, 1.807) is 0 Å². The van der Waals surface area contributed by atoms with Crippen molar-refractivity contribution in [1.29, 1.82) is 0 Å². The largest absolute Gasteiger partial charge is 0.369 e. The van der Waals surface area contributed by atoms with E-state index >= 15 is 0 Å². The SMILES string of the molecule is Cc1ccc2cccc(N3CCC(CN)C3)c2n1. The monoisotopic (exact) mass is 241 g/mol. The maximum Gasteiger partial charge on any atom is 0.0938 e. The minimum atomic E-state index is 0.630. The Hall–Kier alpha value is -1.61. The number of aromatic nitrogens is 1. The molecule has 3 nitrogen and oxygen atoms in total. The number of nitrogens with zero attached hydrogens (tertiary/aromatic N) is 2. The van der Waals surface area contributed by atoms with Gasteiger partial charge in [0.05, 0.1) is 11.2 Å². The number of para-hydroxylation sites is 1. The topological polar surface area (TPSA) is 42.1 Å². The number of nitrogens with two attached hydrogens (primary N) is 1. The van der Waals surface area contributed by atoms with Gasteiger partial charge in [0.2, 0.25) is 0 Å². The van der Waals surface area contributed by atoms with E-state index in [0.717, 1.165) is 30.8 Å². The molecule has 2 aromatic rings. The minimum Gasteiger partial charge on any atom is -0.369 e. The zero-order valence-corrected chi connectivity index (χ0v) is 10.8. The fourth-order valence-electron chi connectivity index (χ4n) is 2.73. The van der Waals surface area contributed by atoms with Crippen LogP contribution in [0.5, 0.6) is 0 Å². The van der Waals surface area contributed by atoms with Crippen LogP contribution in [0.1, 0.15) is 12.1 Å². The van der Waals surface area contributed by atoms with Crippen LogP contribution in [0, 0.1) is 12.8 Å². The lowest BCUT2D eigenvalue weighted by atomic mass is 10.1. The molecule has 0 radical (unpaired) electrons. The highest BCUT2D eigenvalue weighted by atomic mass is 15.2. The lowest BCUT2D eigenvalue weighted by molar-refractivity contribution is 0.603. The van der Waals surface area contributed by atoms with Crippen LogP contribution in [0.25, 0.3) is 10.9 Å². The summed E-state index contributed by atoms with van der Waals surface area (Å²) in [4.78, 5) is 7.12. The number of aryl methyl sites for hydroxylation is 1. The summed E-state index contributed by atoms with van der Waals surface area (Å²) in [7, 11) is 0. The summed E-state index contributed by atoms with van der Waals surface area (Å²) in [6.45, 7) is 4.98. The normalized spacial score (nSPS) is 19.7. The molecule has 1 aromatic heterocycles. The molecule has 1 fully saturated rings. The molecule has 0 saturated carbocycles. The van der Waals surface area contributed by atoms with Crippen molar-refractivity contribution < 1.29 is 0 Å². The third-order valence-corrected chi connectivity index (χ3v) is 3.80. The van der Waals surface area contributed by atoms with E-state index < -0.39 is 0 Å². The maximum atomic E-state index is 5.77. The maximum absolute atomic E-state index is 5.77. The first-order chi connectivity index (χ1) is 8.78. The van der Waals surface area contributed by atoms with Gasteiger partial charge in [-0.1, -0.05) is 18.2 Å². The van der Waals surface area contributed by atoms with Crippen LogP contribution >= 0.6 is 0 Å². The molecule has 1 aliphatic rings. The Balaban J connectivity index is 2.04. The number of anilines is 1. The van der Waals surface area contributed by atoms with Crippen molar-refractivity contribution in [2.45, 2.75) is 13.3 Å². The Morgan fingerprint density at radius 2 is 2.22 bits per heavy atom. The summed E-state index contributed by atoms with van der Waals surface area (Å²) in [5.41, 5.74) is 9.22. The van der Waals surface area contributed by atoms with Gasteiger partial charge in [0.25, 0.3) is 0 Å². The van der Waals surface area contributed by atoms with Gasteiger partial charge in [-0.05, 0) is 37.9 Å². The molecule has 3 heteroatoms. The minimum absolute atomic E-state index is 0.630. The highest BCUT2D eigenvalue weighted by Gasteiger charge is 2.22. The molecule has 3 rings (SSSR count). The van der Waals surface area contributed by atoms with Crippen LogP contribution < -0.4 is 10.6 Å². The van der Waals surface area contributed by atoms with E-state index in [1.165, 1.54) is 17.5 Å². The summed E-state index contributed by atoms with van der Waals surface area (Å²) in [6, 6.07) is 10.6. The lowest BCUT2D eigenvalue weighted by Crippen LogP contribution is -2.22.